The normalized spacial score (nSPS) is 10.1. The van der Waals surface area contributed by atoms with Gasteiger partial charge in [-0.3, -0.25) is 4.79 Å². The fourth-order valence-corrected chi connectivity index (χ4v) is 2.14. The molecule has 78 valence electrons. The highest BCUT2D eigenvalue weighted by Crippen LogP contribution is 2.19. The number of nitrogens with two attached hydrogens (primary N) is 1. The van der Waals surface area contributed by atoms with Crippen LogP contribution in [0, 0.1) is 0 Å². The average Bonchev–Trinajstić information content (AvgIpc) is 2.58. The summed E-state index contributed by atoms with van der Waals surface area (Å²) in [7, 11) is 1.38. The minimum Gasteiger partial charge on any atom is -0.469 e. The van der Waals surface area contributed by atoms with Gasteiger partial charge in [-0.1, -0.05) is 4.49 Å². The van der Waals surface area contributed by atoms with E-state index in [4.69, 9.17) is 5.73 Å². The molecule has 0 aliphatic rings. The number of carbonyl (C=O) groups is 1. The van der Waals surface area contributed by atoms with Crippen molar-refractivity contribution in [3.8, 4) is 0 Å². The van der Waals surface area contributed by atoms with Crippen LogP contribution in [0.3, 0.4) is 0 Å². The first-order chi connectivity index (χ1) is 6.74. The SMILES string of the molecule is COC(=O)CCSCc1nnsc1N. The van der Waals surface area contributed by atoms with Gasteiger partial charge in [0.2, 0.25) is 0 Å². The second kappa shape index (κ2) is 5.82. The highest BCUT2D eigenvalue weighted by Gasteiger charge is 2.05. The molecule has 0 atom stereocenters. The van der Waals surface area contributed by atoms with Gasteiger partial charge in [0.05, 0.1) is 13.5 Å². The topological polar surface area (TPSA) is 78.1 Å². The third-order valence-electron chi connectivity index (χ3n) is 1.50. The van der Waals surface area contributed by atoms with Crippen LogP contribution >= 0.6 is 23.3 Å². The summed E-state index contributed by atoms with van der Waals surface area (Å²) >= 11 is 2.78. The van der Waals surface area contributed by atoms with Gasteiger partial charge in [-0.25, -0.2) is 0 Å². The van der Waals surface area contributed by atoms with Crippen molar-refractivity contribution in [3.63, 3.8) is 0 Å². The van der Waals surface area contributed by atoms with E-state index in [0.29, 0.717) is 22.9 Å². The first-order valence-corrected chi connectivity index (χ1v) is 5.88. The molecule has 0 bridgehead atoms. The van der Waals surface area contributed by atoms with Crippen LogP contribution in [-0.2, 0) is 15.3 Å². The van der Waals surface area contributed by atoms with Crippen LogP contribution in [0.5, 0.6) is 0 Å². The molecular weight excluding hydrogens is 222 g/mol. The number of methoxy groups -OCH3 is 1. The maximum absolute atomic E-state index is 10.8. The predicted octanol–water partition coefficient (Wildman–Crippen LogP) is 0.917. The van der Waals surface area contributed by atoms with E-state index in [1.54, 1.807) is 11.8 Å². The van der Waals surface area contributed by atoms with Crippen molar-refractivity contribution in [1.82, 2.24) is 9.59 Å². The summed E-state index contributed by atoms with van der Waals surface area (Å²) in [5.41, 5.74) is 6.39. The van der Waals surface area contributed by atoms with Crippen LogP contribution < -0.4 is 5.73 Å². The molecule has 0 aromatic carbocycles. The summed E-state index contributed by atoms with van der Waals surface area (Å²) in [4.78, 5) is 10.8. The summed E-state index contributed by atoms with van der Waals surface area (Å²) in [6.45, 7) is 0. The number of rotatable bonds is 5. The number of anilines is 1. The van der Waals surface area contributed by atoms with Crippen LogP contribution in [0.15, 0.2) is 0 Å². The zero-order chi connectivity index (χ0) is 10.4. The average molecular weight is 233 g/mol. The van der Waals surface area contributed by atoms with E-state index in [9.17, 15) is 4.79 Å². The van der Waals surface area contributed by atoms with Crippen molar-refractivity contribution in [2.75, 3.05) is 18.6 Å². The number of aromatic nitrogens is 2. The molecule has 5 nitrogen and oxygen atoms in total. The molecule has 0 radical (unpaired) electrons. The number of hydrogen-bond acceptors (Lipinski definition) is 7. The molecule has 0 fully saturated rings. The molecule has 1 aromatic heterocycles. The lowest BCUT2D eigenvalue weighted by atomic mass is 10.5. The molecule has 0 aliphatic carbocycles. The number of nitrogen functional groups attached to an aromatic ring is 1. The van der Waals surface area contributed by atoms with Gasteiger partial charge in [0.25, 0.3) is 0 Å². The van der Waals surface area contributed by atoms with Gasteiger partial charge in [0.15, 0.2) is 0 Å². The molecule has 0 spiro atoms. The Morgan fingerprint density at radius 3 is 3.07 bits per heavy atom. The molecule has 1 aromatic rings. The summed E-state index contributed by atoms with van der Waals surface area (Å²) in [5.74, 6) is 1.21. The molecule has 0 saturated heterocycles. The number of nitrogens with zero attached hydrogens (tertiary/aromatic N) is 2. The summed E-state index contributed by atoms with van der Waals surface area (Å²) in [5, 5.41) is 4.51. The lowest BCUT2D eigenvalue weighted by Gasteiger charge is -1.98. The van der Waals surface area contributed by atoms with E-state index in [1.807, 2.05) is 0 Å². The van der Waals surface area contributed by atoms with Crippen molar-refractivity contribution in [3.05, 3.63) is 5.69 Å². The first kappa shape index (κ1) is 11.3. The summed E-state index contributed by atoms with van der Waals surface area (Å²) in [6.07, 6.45) is 0.415. The second-order valence-electron chi connectivity index (χ2n) is 2.46. The number of carbonyl (C=O) groups excluding carboxylic acids is 1. The Kier molecular flexibility index (Phi) is 4.68. The van der Waals surface area contributed by atoms with Gasteiger partial charge in [-0.2, -0.15) is 11.8 Å². The Morgan fingerprint density at radius 1 is 1.71 bits per heavy atom. The Labute approximate surface area is 90.2 Å². The van der Waals surface area contributed by atoms with Gasteiger partial charge in [0.1, 0.15) is 10.7 Å². The molecule has 7 heteroatoms. The molecule has 0 amide bonds. The molecule has 0 unspecified atom stereocenters. The molecular formula is C7H11N3O2S2. The van der Waals surface area contributed by atoms with E-state index >= 15 is 0 Å². The zero-order valence-corrected chi connectivity index (χ0v) is 9.36. The smallest absolute Gasteiger partial charge is 0.306 e. The minimum absolute atomic E-state index is 0.193. The van der Waals surface area contributed by atoms with Gasteiger partial charge in [0, 0.05) is 23.0 Å². The number of hydrogen-bond donors (Lipinski definition) is 1. The van der Waals surface area contributed by atoms with Gasteiger partial charge < -0.3 is 10.5 Å². The van der Waals surface area contributed by atoms with E-state index in [2.05, 4.69) is 14.3 Å². The first-order valence-electron chi connectivity index (χ1n) is 3.95. The maximum atomic E-state index is 10.8. The lowest BCUT2D eigenvalue weighted by molar-refractivity contribution is -0.140. The zero-order valence-electron chi connectivity index (χ0n) is 7.73. The van der Waals surface area contributed by atoms with Crippen LogP contribution in [0.4, 0.5) is 5.00 Å². The summed E-state index contributed by atoms with van der Waals surface area (Å²) < 4.78 is 8.22. The minimum atomic E-state index is -0.193. The second-order valence-corrected chi connectivity index (χ2v) is 4.35. The maximum Gasteiger partial charge on any atom is 0.306 e. The lowest BCUT2D eigenvalue weighted by Crippen LogP contribution is -2.01. The molecule has 0 saturated carbocycles. The van der Waals surface area contributed by atoms with Crippen LogP contribution in [0.1, 0.15) is 12.1 Å². The monoisotopic (exact) mass is 233 g/mol. The van der Waals surface area contributed by atoms with Gasteiger partial charge in [-0.05, 0) is 0 Å². The largest absolute Gasteiger partial charge is 0.469 e. The third-order valence-corrected chi connectivity index (χ3v) is 3.07. The van der Waals surface area contributed by atoms with Crippen molar-refractivity contribution in [2.24, 2.45) is 0 Å². The highest BCUT2D eigenvalue weighted by molar-refractivity contribution is 7.98. The van der Waals surface area contributed by atoms with E-state index in [1.165, 1.54) is 18.6 Å². The van der Waals surface area contributed by atoms with Crippen molar-refractivity contribution in [2.45, 2.75) is 12.2 Å². The van der Waals surface area contributed by atoms with Crippen molar-refractivity contribution >= 4 is 34.3 Å². The van der Waals surface area contributed by atoms with E-state index in [0.717, 1.165) is 5.69 Å². The third kappa shape index (κ3) is 3.51. The Hall–Kier alpha value is -0.820. The fraction of sp³-hybridized carbons (Fsp3) is 0.571. The number of esters is 1. The Bertz CT molecular complexity index is 303. The molecule has 1 rings (SSSR count). The van der Waals surface area contributed by atoms with Crippen molar-refractivity contribution < 1.29 is 9.53 Å². The van der Waals surface area contributed by atoms with E-state index in [-0.39, 0.29) is 5.97 Å². The molecule has 14 heavy (non-hydrogen) atoms. The molecule has 1 heterocycles. The van der Waals surface area contributed by atoms with Gasteiger partial charge in [-0.15, -0.1) is 5.10 Å². The van der Waals surface area contributed by atoms with Crippen molar-refractivity contribution in [1.29, 1.82) is 0 Å². The number of ether oxygens (including phenoxy) is 1. The Morgan fingerprint density at radius 2 is 2.50 bits per heavy atom. The highest BCUT2D eigenvalue weighted by atomic mass is 32.2. The summed E-state index contributed by atoms with van der Waals surface area (Å²) in [6, 6.07) is 0. The predicted molar refractivity (Wildman–Crippen MR) is 57.1 cm³/mol. The van der Waals surface area contributed by atoms with Gasteiger partial charge >= 0.3 is 5.97 Å². The Balaban J connectivity index is 2.16. The molecule has 2 N–H and O–H groups in total. The van der Waals surface area contributed by atoms with E-state index < -0.39 is 0 Å². The quantitative estimate of drug-likeness (QED) is 0.602. The molecule has 0 aliphatic heterocycles. The number of thioether (sulfide) groups is 1. The van der Waals surface area contributed by atoms with Crippen LogP contribution in [0.25, 0.3) is 0 Å². The van der Waals surface area contributed by atoms with Crippen LogP contribution in [0.2, 0.25) is 0 Å². The standard InChI is InChI=1S/C7H11N3O2S2/c1-12-6(11)2-3-13-4-5-7(8)14-10-9-5/h2-4,8H2,1H3. The fourth-order valence-electron chi connectivity index (χ4n) is 0.742. The van der Waals surface area contributed by atoms with Crippen LogP contribution in [-0.4, -0.2) is 28.4 Å².